The van der Waals surface area contributed by atoms with Gasteiger partial charge in [0.1, 0.15) is 17.4 Å². The number of aryl methyl sites for hydroxylation is 1. The molecule has 0 bridgehead atoms. The number of alkyl halides is 5. The molecule has 1 aromatic carbocycles. The summed E-state index contributed by atoms with van der Waals surface area (Å²) in [5, 5.41) is 12.3. The normalized spacial score (nSPS) is 13.5. The van der Waals surface area contributed by atoms with Gasteiger partial charge >= 0.3 is 12.8 Å². The van der Waals surface area contributed by atoms with Gasteiger partial charge in [0.05, 0.1) is 23.0 Å². The Kier molecular flexibility index (Phi) is 5.69. The molecule has 0 atom stereocenters. The predicted octanol–water partition coefficient (Wildman–Crippen LogP) is 5.52. The Morgan fingerprint density at radius 3 is 2.50 bits per heavy atom. The molecule has 0 radical (unpaired) electrons. The Labute approximate surface area is 179 Å². The number of ether oxygens (including phenoxy) is 1. The number of nitrogens with one attached hydrogen (secondary N) is 1. The van der Waals surface area contributed by atoms with Gasteiger partial charge in [-0.3, -0.25) is 0 Å². The van der Waals surface area contributed by atoms with E-state index in [2.05, 4.69) is 20.0 Å². The fraction of sp³-hybridized carbons (Fsp3) is 0.286. The summed E-state index contributed by atoms with van der Waals surface area (Å²) in [6, 6.07) is 10.1. The fourth-order valence-electron chi connectivity index (χ4n) is 3.59. The van der Waals surface area contributed by atoms with E-state index in [9.17, 15) is 27.2 Å². The molecule has 1 aliphatic rings. The van der Waals surface area contributed by atoms with Gasteiger partial charge in [0.25, 0.3) is 0 Å². The highest BCUT2D eigenvalue weighted by molar-refractivity contribution is 5.67. The molecule has 0 aliphatic carbocycles. The quantitative estimate of drug-likeness (QED) is 0.520. The zero-order valence-electron chi connectivity index (χ0n) is 16.5. The molecule has 6 nitrogen and oxygen atoms in total. The Bertz CT molecular complexity index is 1170. The van der Waals surface area contributed by atoms with Gasteiger partial charge in [-0.15, -0.1) is 0 Å². The van der Waals surface area contributed by atoms with E-state index in [-0.39, 0.29) is 28.5 Å². The van der Waals surface area contributed by atoms with Crippen LogP contribution in [0.25, 0.3) is 11.4 Å². The van der Waals surface area contributed by atoms with Crippen molar-refractivity contribution in [3.63, 3.8) is 0 Å². The second-order valence-corrected chi connectivity index (χ2v) is 7.10. The molecule has 0 fully saturated rings. The molecule has 0 spiro atoms. The molecular formula is C21H16F5N5O. The van der Waals surface area contributed by atoms with Crippen molar-refractivity contribution in [3.05, 3.63) is 53.5 Å². The highest BCUT2D eigenvalue weighted by atomic mass is 19.4. The number of benzene rings is 1. The van der Waals surface area contributed by atoms with E-state index < -0.39 is 18.5 Å². The SMILES string of the molecule is N#Cc1cc(Nc2ccc(OC(F)F)cc2)nc(-c2c(C(F)(F)F)nc3n2CCCC3)c1. The van der Waals surface area contributed by atoms with Crippen molar-refractivity contribution in [1.29, 1.82) is 5.26 Å². The molecule has 1 N–H and O–H groups in total. The van der Waals surface area contributed by atoms with Crippen LogP contribution in [0.15, 0.2) is 36.4 Å². The summed E-state index contributed by atoms with van der Waals surface area (Å²) < 4.78 is 71.6. The van der Waals surface area contributed by atoms with E-state index in [0.717, 1.165) is 6.42 Å². The third-order valence-electron chi connectivity index (χ3n) is 4.90. The summed E-state index contributed by atoms with van der Waals surface area (Å²) in [5.41, 5.74) is -0.706. The molecule has 11 heteroatoms. The molecule has 3 aromatic rings. The minimum Gasteiger partial charge on any atom is -0.435 e. The number of rotatable bonds is 5. The Balaban J connectivity index is 1.74. The van der Waals surface area contributed by atoms with E-state index in [1.165, 1.54) is 41.0 Å². The van der Waals surface area contributed by atoms with Crippen molar-refractivity contribution in [2.45, 2.75) is 38.6 Å². The molecule has 32 heavy (non-hydrogen) atoms. The average molecular weight is 449 g/mol. The third-order valence-corrected chi connectivity index (χ3v) is 4.90. The number of aromatic nitrogens is 3. The van der Waals surface area contributed by atoms with Crippen molar-refractivity contribution < 1.29 is 26.7 Å². The number of nitriles is 1. The lowest BCUT2D eigenvalue weighted by Gasteiger charge is -2.17. The second kappa shape index (κ2) is 8.45. The maximum atomic E-state index is 13.7. The monoisotopic (exact) mass is 449 g/mol. The van der Waals surface area contributed by atoms with Crippen LogP contribution in [-0.2, 0) is 19.1 Å². The van der Waals surface area contributed by atoms with Gasteiger partial charge in [-0.05, 0) is 49.2 Å². The van der Waals surface area contributed by atoms with Crippen LogP contribution in [0.1, 0.15) is 29.9 Å². The van der Waals surface area contributed by atoms with Crippen molar-refractivity contribution in [3.8, 4) is 23.2 Å². The highest BCUT2D eigenvalue weighted by Crippen LogP contribution is 2.39. The number of pyridine rings is 1. The first-order chi connectivity index (χ1) is 15.2. The van der Waals surface area contributed by atoms with Gasteiger partial charge in [-0.2, -0.15) is 27.2 Å². The molecule has 0 saturated carbocycles. The van der Waals surface area contributed by atoms with Gasteiger partial charge in [0.2, 0.25) is 0 Å². The molecule has 3 heterocycles. The first kappa shape index (κ1) is 21.5. The topological polar surface area (TPSA) is 75.8 Å². The van der Waals surface area contributed by atoms with Crippen LogP contribution >= 0.6 is 0 Å². The fourth-order valence-corrected chi connectivity index (χ4v) is 3.59. The van der Waals surface area contributed by atoms with Gasteiger partial charge in [-0.25, -0.2) is 9.97 Å². The van der Waals surface area contributed by atoms with E-state index in [0.29, 0.717) is 30.9 Å². The van der Waals surface area contributed by atoms with Crippen LogP contribution < -0.4 is 10.1 Å². The lowest BCUT2D eigenvalue weighted by atomic mass is 10.1. The number of halogens is 5. The number of anilines is 2. The number of imidazole rings is 1. The molecule has 0 saturated heterocycles. The van der Waals surface area contributed by atoms with E-state index in [1.54, 1.807) is 0 Å². The van der Waals surface area contributed by atoms with Gasteiger partial charge in [0.15, 0.2) is 5.69 Å². The van der Waals surface area contributed by atoms with Crippen LogP contribution in [0.5, 0.6) is 5.75 Å². The van der Waals surface area contributed by atoms with Crippen LogP contribution in [0, 0.1) is 11.3 Å². The first-order valence-electron chi connectivity index (χ1n) is 9.65. The first-order valence-corrected chi connectivity index (χ1v) is 9.65. The molecule has 2 aromatic heterocycles. The van der Waals surface area contributed by atoms with E-state index in [4.69, 9.17) is 0 Å². The van der Waals surface area contributed by atoms with E-state index in [1.807, 2.05) is 6.07 Å². The van der Waals surface area contributed by atoms with Crippen molar-refractivity contribution >= 4 is 11.5 Å². The van der Waals surface area contributed by atoms with E-state index >= 15 is 0 Å². The Morgan fingerprint density at radius 2 is 1.84 bits per heavy atom. The van der Waals surface area contributed by atoms with Gasteiger partial charge in [-0.1, -0.05) is 0 Å². The maximum absolute atomic E-state index is 13.7. The zero-order chi connectivity index (χ0) is 22.9. The molecular weight excluding hydrogens is 433 g/mol. The smallest absolute Gasteiger partial charge is 0.435 e. The largest absolute Gasteiger partial charge is 0.435 e. The number of hydrogen-bond acceptors (Lipinski definition) is 5. The Hall–Kier alpha value is -3.68. The minimum atomic E-state index is -4.68. The Morgan fingerprint density at radius 1 is 1.09 bits per heavy atom. The zero-order valence-corrected chi connectivity index (χ0v) is 16.5. The highest BCUT2D eigenvalue weighted by Gasteiger charge is 2.40. The van der Waals surface area contributed by atoms with Gasteiger partial charge in [0, 0.05) is 18.7 Å². The molecule has 4 rings (SSSR count). The van der Waals surface area contributed by atoms with Crippen LogP contribution in [0.4, 0.5) is 33.5 Å². The van der Waals surface area contributed by atoms with Crippen molar-refractivity contribution in [2.75, 3.05) is 5.32 Å². The summed E-state index contributed by atoms with van der Waals surface area (Å²) in [6.07, 6.45) is -2.79. The van der Waals surface area contributed by atoms with Gasteiger partial charge < -0.3 is 14.6 Å². The van der Waals surface area contributed by atoms with Crippen LogP contribution in [-0.4, -0.2) is 21.1 Å². The maximum Gasteiger partial charge on any atom is 0.435 e. The molecule has 0 amide bonds. The number of fused-ring (bicyclic) bond motifs is 1. The third kappa shape index (κ3) is 4.49. The van der Waals surface area contributed by atoms with Crippen molar-refractivity contribution in [1.82, 2.24) is 14.5 Å². The summed E-state index contributed by atoms with van der Waals surface area (Å²) in [6.45, 7) is -2.59. The number of nitrogens with zero attached hydrogens (tertiary/aromatic N) is 4. The van der Waals surface area contributed by atoms with Crippen LogP contribution in [0.3, 0.4) is 0 Å². The molecule has 166 valence electrons. The second-order valence-electron chi connectivity index (χ2n) is 7.10. The summed E-state index contributed by atoms with van der Waals surface area (Å²) in [7, 11) is 0. The average Bonchev–Trinajstić information content (AvgIpc) is 3.15. The summed E-state index contributed by atoms with van der Waals surface area (Å²) in [5.74, 6) is 0.415. The lowest BCUT2D eigenvalue weighted by molar-refractivity contribution is -0.140. The van der Waals surface area contributed by atoms with Crippen LogP contribution in [0.2, 0.25) is 0 Å². The molecule has 0 unspecified atom stereocenters. The summed E-state index contributed by atoms with van der Waals surface area (Å²) >= 11 is 0. The molecule has 1 aliphatic heterocycles. The van der Waals surface area contributed by atoms with Crippen molar-refractivity contribution in [2.24, 2.45) is 0 Å². The minimum absolute atomic E-state index is 0.0304. The predicted molar refractivity (Wildman–Crippen MR) is 104 cm³/mol. The number of hydrogen-bond donors (Lipinski definition) is 1. The lowest BCUT2D eigenvalue weighted by Crippen LogP contribution is -2.13. The standard InChI is InChI=1S/C21H16F5N5O/c22-20(23)32-14-6-4-13(5-7-14)28-16-10-12(11-27)9-15(29-16)18-19(21(24,25)26)30-17-3-1-2-8-31(17)18/h4-7,9-10,20H,1-3,8H2,(H,28,29). The summed E-state index contributed by atoms with van der Waals surface area (Å²) in [4.78, 5) is 8.12.